The van der Waals surface area contributed by atoms with E-state index in [0.29, 0.717) is 11.8 Å². The van der Waals surface area contributed by atoms with Crippen LogP contribution >= 0.6 is 0 Å². The number of phenols is 1. The first-order chi connectivity index (χ1) is 13.2. The van der Waals surface area contributed by atoms with Gasteiger partial charge in [-0.1, -0.05) is 12.1 Å². The Bertz CT molecular complexity index is 933. The Morgan fingerprint density at radius 2 is 1.71 bits per heavy atom. The second-order valence-corrected chi connectivity index (χ2v) is 5.71. The number of pyridine rings is 1. The van der Waals surface area contributed by atoms with Crippen molar-refractivity contribution in [3.63, 3.8) is 0 Å². The lowest BCUT2D eigenvalue weighted by Crippen LogP contribution is -2.05. The van der Waals surface area contributed by atoms with Gasteiger partial charge in [-0.2, -0.15) is 13.2 Å². The van der Waals surface area contributed by atoms with Gasteiger partial charge in [-0.3, -0.25) is 14.6 Å². The van der Waals surface area contributed by atoms with Crippen molar-refractivity contribution >= 4 is 23.7 Å². The Hall–Kier alpha value is -3.42. The number of benzene rings is 1. The van der Waals surface area contributed by atoms with Gasteiger partial charge in [0.05, 0.1) is 19.1 Å². The molecule has 146 valence electrons. The molecule has 1 heterocycles. The van der Waals surface area contributed by atoms with Crippen molar-refractivity contribution in [1.82, 2.24) is 4.98 Å². The number of methoxy groups -OCH3 is 1. The summed E-state index contributed by atoms with van der Waals surface area (Å²) in [6, 6.07) is 5.34. The summed E-state index contributed by atoms with van der Waals surface area (Å²) in [4.78, 5) is 27.2. The fourth-order valence-corrected chi connectivity index (χ4v) is 2.17. The Balaban J connectivity index is 1.97. The van der Waals surface area contributed by atoms with Gasteiger partial charge >= 0.3 is 6.18 Å². The van der Waals surface area contributed by atoms with Crippen LogP contribution in [0.15, 0.2) is 48.8 Å². The molecule has 0 unspecified atom stereocenters. The topological polar surface area (TPSA) is 76.5 Å². The smallest absolute Gasteiger partial charge is 0.417 e. The minimum atomic E-state index is -4.53. The molecule has 1 aromatic carbocycles. The molecule has 0 amide bonds. The minimum absolute atomic E-state index is 0.0460. The van der Waals surface area contributed by atoms with E-state index in [2.05, 4.69) is 4.98 Å². The Kier molecular flexibility index (Phi) is 6.70. The fraction of sp³-hybridized carbons (Fsp3) is 0.150. The molecule has 0 fully saturated rings. The monoisotopic (exact) mass is 391 g/mol. The molecule has 0 saturated heterocycles. The number of rotatable bonds is 7. The molecule has 5 nitrogen and oxygen atoms in total. The molecule has 1 aromatic heterocycles. The Morgan fingerprint density at radius 3 is 2.32 bits per heavy atom. The third-order valence-electron chi connectivity index (χ3n) is 3.56. The molecule has 2 aromatic rings. The molecule has 0 aliphatic carbocycles. The Morgan fingerprint density at radius 1 is 1.07 bits per heavy atom. The number of carbonyl (C=O) groups excluding carboxylic acids is 2. The van der Waals surface area contributed by atoms with Gasteiger partial charge in [0.25, 0.3) is 0 Å². The zero-order valence-corrected chi connectivity index (χ0v) is 14.7. The molecule has 8 heteroatoms. The molecule has 0 aliphatic heterocycles. The third-order valence-corrected chi connectivity index (χ3v) is 3.56. The lowest BCUT2D eigenvalue weighted by molar-refractivity contribution is -0.137. The molecule has 0 saturated carbocycles. The molecule has 2 rings (SSSR count). The highest BCUT2D eigenvalue weighted by atomic mass is 19.4. The number of aromatic hydroxyl groups is 1. The average molecular weight is 391 g/mol. The van der Waals surface area contributed by atoms with E-state index in [1.54, 1.807) is 6.07 Å². The molecule has 1 N–H and O–H groups in total. The second kappa shape index (κ2) is 8.98. The maximum absolute atomic E-state index is 12.6. The van der Waals surface area contributed by atoms with Crippen LogP contribution in [-0.2, 0) is 15.8 Å². The van der Waals surface area contributed by atoms with E-state index in [1.807, 2.05) is 0 Å². The number of carbonyl (C=O) groups is 2. The first-order valence-corrected chi connectivity index (χ1v) is 8.00. The number of alkyl halides is 3. The highest BCUT2D eigenvalue weighted by molar-refractivity contribution is 6.10. The van der Waals surface area contributed by atoms with E-state index in [-0.39, 0.29) is 17.1 Å². The number of ether oxygens (including phenoxy) is 1. The quantitative estimate of drug-likeness (QED) is 0.569. The van der Waals surface area contributed by atoms with Crippen LogP contribution in [0.3, 0.4) is 0 Å². The van der Waals surface area contributed by atoms with Gasteiger partial charge in [-0.25, -0.2) is 0 Å². The van der Waals surface area contributed by atoms with Gasteiger partial charge in [0.1, 0.15) is 0 Å². The van der Waals surface area contributed by atoms with Crippen LogP contribution in [0.4, 0.5) is 13.2 Å². The molecule has 0 bridgehead atoms. The van der Waals surface area contributed by atoms with Gasteiger partial charge < -0.3 is 9.84 Å². The van der Waals surface area contributed by atoms with Crippen molar-refractivity contribution in [2.45, 2.75) is 12.6 Å². The van der Waals surface area contributed by atoms with E-state index in [9.17, 15) is 27.9 Å². The van der Waals surface area contributed by atoms with Crippen molar-refractivity contribution in [1.29, 1.82) is 0 Å². The standard InChI is InChI=1S/C20H16F3NO4/c1-28-19-9-13(4-7-18(19)27)2-5-16(25)10-17(26)6-3-14-8-15(12-24-11-14)20(21,22)23/h2-9,11-12,27H,10H2,1H3/b5-2+,6-3+. The predicted octanol–water partition coefficient (Wildman–Crippen LogP) is 4.07. The number of hydrogen-bond acceptors (Lipinski definition) is 5. The zero-order valence-electron chi connectivity index (χ0n) is 14.7. The Labute approximate surface area is 158 Å². The van der Waals surface area contributed by atoms with Gasteiger partial charge in [0, 0.05) is 12.4 Å². The molecule has 0 aliphatic rings. The first kappa shape index (κ1) is 20.9. The molecular formula is C20H16F3NO4. The highest BCUT2D eigenvalue weighted by Crippen LogP contribution is 2.29. The highest BCUT2D eigenvalue weighted by Gasteiger charge is 2.30. The summed E-state index contributed by atoms with van der Waals surface area (Å²) in [5.41, 5.74) is -0.242. The van der Waals surface area contributed by atoms with Crippen molar-refractivity contribution in [3.05, 3.63) is 65.5 Å². The van der Waals surface area contributed by atoms with Gasteiger partial charge in [-0.15, -0.1) is 0 Å². The first-order valence-electron chi connectivity index (χ1n) is 8.00. The van der Waals surface area contributed by atoms with Crippen LogP contribution < -0.4 is 4.74 Å². The minimum Gasteiger partial charge on any atom is -0.504 e. The summed E-state index contributed by atoms with van der Waals surface area (Å²) in [5.74, 6) is -0.849. The van der Waals surface area contributed by atoms with E-state index in [0.717, 1.165) is 12.1 Å². The zero-order chi connectivity index (χ0) is 20.7. The summed E-state index contributed by atoms with van der Waals surface area (Å²) in [6.45, 7) is 0. The average Bonchev–Trinajstić information content (AvgIpc) is 2.65. The van der Waals surface area contributed by atoms with Gasteiger partial charge in [0.2, 0.25) is 0 Å². The van der Waals surface area contributed by atoms with Crippen LogP contribution in [0.25, 0.3) is 12.2 Å². The summed E-state index contributed by atoms with van der Waals surface area (Å²) in [6.07, 6.45) is 1.76. The molecular weight excluding hydrogens is 375 g/mol. The number of halogens is 3. The summed E-state index contributed by atoms with van der Waals surface area (Å²) in [7, 11) is 1.39. The van der Waals surface area contributed by atoms with Crippen molar-refractivity contribution in [2.75, 3.05) is 7.11 Å². The number of hydrogen-bond donors (Lipinski definition) is 1. The van der Waals surface area contributed by atoms with Crippen LogP contribution in [0.2, 0.25) is 0 Å². The molecule has 0 spiro atoms. The predicted molar refractivity (Wildman–Crippen MR) is 96.6 cm³/mol. The van der Waals surface area contributed by atoms with E-state index in [4.69, 9.17) is 4.74 Å². The summed E-state index contributed by atoms with van der Waals surface area (Å²) >= 11 is 0. The van der Waals surface area contributed by atoms with E-state index < -0.39 is 29.7 Å². The SMILES string of the molecule is COc1cc(/C=C/C(=O)CC(=O)/C=C/c2cncc(C(F)(F)F)c2)ccc1O. The largest absolute Gasteiger partial charge is 0.504 e. The lowest BCUT2D eigenvalue weighted by atomic mass is 10.1. The molecule has 28 heavy (non-hydrogen) atoms. The van der Waals surface area contributed by atoms with Crippen LogP contribution in [0, 0.1) is 0 Å². The number of nitrogens with zero attached hydrogens (tertiary/aromatic N) is 1. The maximum atomic E-state index is 12.6. The van der Waals surface area contributed by atoms with Gasteiger partial charge in [-0.05, 0) is 47.6 Å². The van der Waals surface area contributed by atoms with E-state index >= 15 is 0 Å². The fourth-order valence-electron chi connectivity index (χ4n) is 2.17. The van der Waals surface area contributed by atoms with Crippen molar-refractivity contribution in [3.8, 4) is 11.5 Å². The summed E-state index contributed by atoms with van der Waals surface area (Å²) in [5, 5.41) is 9.51. The van der Waals surface area contributed by atoms with Crippen molar-refractivity contribution < 1.29 is 32.6 Å². The maximum Gasteiger partial charge on any atom is 0.417 e. The van der Waals surface area contributed by atoms with Crippen LogP contribution in [0.5, 0.6) is 11.5 Å². The molecule has 0 atom stereocenters. The van der Waals surface area contributed by atoms with Crippen LogP contribution in [0.1, 0.15) is 23.1 Å². The van der Waals surface area contributed by atoms with Crippen molar-refractivity contribution in [2.24, 2.45) is 0 Å². The second-order valence-electron chi connectivity index (χ2n) is 5.71. The number of allylic oxidation sites excluding steroid dienone is 2. The number of phenolic OH excluding ortho intramolecular Hbond substituents is 1. The number of aromatic nitrogens is 1. The lowest BCUT2D eigenvalue weighted by Gasteiger charge is -2.05. The molecule has 0 radical (unpaired) electrons. The van der Waals surface area contributed by atoms with Crippen LogP contribution in [-0.4, -0.2) is 28.8 Å². The van der Waals surface area contributed by atoms with Gasteiger partial charge in [0.15, 0.2) is 23.1 Å². The third kappa shape index (κ3) is 6.08. The summed E-state index contributed by atoms with van der Waals surface area (Å²) < 4.78 is 42.8. The normalized spacial score (nSPS) is 11.9. The van der Waals surface area contributed by atoms with E-state index in [1.165, 1.54) is 43.7 Å². The number of ketones is 2.